The van der Waals surface area contributed by atoms with Gasteiger partial charge in [0.1, 0.15) is 34.0 Å². The summed E-state index contributed by atoms with van der Waals surface area (Å²) in [6, 6.07) is 19.3. The highest BCUT2D eigenvalue weighted by atomic mass is 16.5. The van der Waals surface area contributed by atoms with Crippen molar-refractivity contribution in [3.63, 3.8) is 0 Å². The van der Waals surface area contributed by atoms with Crippen LogP contribution in [0.5, 0.6) is 17.2 Å². The highest BCUT2D eigenvalue weighted by Crippen LogP contribution is 2.42. The number of benzene rings is 3. The lowest BCUT2D eigenvalue weighted by molar-refractivity contribution is -0.121. The molecule has 1 atom stereocenters. The number of phenolic OH excluding ortho intramolecular Hbond substituents is 2. The van der Waals surface area contributed by atoms with Crippen molar-refractivity contribution >= 4 is 16.9 Å². The molecule has 7 nitrogen and oxygen atoms in total. The molecule has 0 radical (unpaired) electrons. The molecule has 1 aromatic heterocycles. The van der Waals surface area contributed by atoms with Gasteiger partial charge in [-0.25, -0.2) is 0 Å². The maximum atomic E-state index is 13.1. The number of fused-ring (bicyclic) bond motifs is 1. The number of carbonyl (C=O) groups is 1. The smallest absolute Gasteiger partial charge is 0.220 e. The fraction of sp³-hybridized carbons (Fsp3) is 0.290. The molecule has 0 bridgehead atoms. The van der Waals surface area contributed by atoms with E-state index < -0.39 is 11.3 Å². The van der Waals surface area contributed by atoms with Crippen molar-refractivity contribution in [3.8, 4) is 28.6 Å². The zero-order chi connectivity index (χ0) is 27.2. The third-order valence-corrected chi connectivity index (χ3v) is 6.55. The second-order valence-corrected chi connectivity index (χ2v) is 9.85. The van der Waals surface area contributed by atoms with E-state index in [0.29, 0.717) is 36.3 Å². The molecule has 0 aliphatic rings. The van der Waals surface area contributed by atoms with Crippen LogP contribution in [0, 0.1) is 5.92 Å². The number of hydrogen-bond donors (Lipinski definition) is 3. The van der Waals surface area contributed by atoms with Crippen LogP contribution in [0.15, 0.2) is 75.9 Å². The molecule has 0 fully saturated rings. The van der Waals surface area contributed by atoms with Crippen molar-refractivity contribution < 1.29 is 24.2 Å². The first-order valence-corrected chi connectivity index (χ1v) is 12.7. The minimum atomic E-state index is -0.437. The van der Waals surface area contributed by atoms with Crippen LogP contribution >= 0.6 is 0 Å². The molecule has 0 spiro atoms. The summed E-state index contributed by atoms with van der Waals surface area (Å²) in [5.74, 6) is 0.111. The molecule has 0 saturated heterocycles. The maximum Gasteiger partial charge on any atom is 0.220 e. The van der Waals surface area contributed by atoms with Gasteiger partial charge < -0.3 is 24.7 Å². The third-order valence-electron chi connectivity index (χ3n) is 6.55. The summed E-state index contributed by atoms with van der Waals surface area (Å²) in [6.45, 7) is 4.51. The van der Waals surface area contributed by atoms with E-state index in [4.69, 9.17) is 9.15 Å². The first-order chi connectivity index (χ1) is 18.3. The number of methoxy groups -OCH3 is 1. The van der Waals surface area contributed by atoms with Gasteiger partial charge in [-0.05, 0) is 36.5 Å². The van der Waals surface area contributed by atoms with Gasteiger partial charge >= 0.3 is 0 Å². The van der Waals surface area contributed by atoms with E-state index in [9.17, 15) is 19.8 Å². The number of amides is 1. The van der Waals surface area contributed by atoms with Gasteiger partial charge in [-0.2, -0.15) is 0 Å². The van der Waals surface area contributed by atoms with E-state index in [1.54, 1.807) is 7.11 Å². The highest BCUT2D eigenvalue weighted by Gasteiger charge is 2.27. The van der Waals surface area contributed by atoms with Crippen molar-refractivity contribution in [2.75, 3.05) is 13.7 Å². The summed E-state index contributed by atoms with van der Waals surface area (Å²) >= 11 is 0. The zero-order valence-corrected chi connectivity index (χ0v) is 21.9. The van der Waals surface area contributed by atoms with Crippen LogP contribution in [-0.2, 0) is 11.2 Å². The third kappa shape index (κ3) is 6.17. The lowest BCUT2D eigenvalue weighted by atomic mass is 9.85. The topological polar surface area (TPSA) is 109 Å². The SMILES string of the molecule is COc1ccc(CCNC(=O)CC(CC(C)C)c2c(O)cc(O)c3c(=O)cc(-c4ccccc4)oc23)cc1. The Kier molecular flexibility index (Phi) is 8.36. The number of phenols is 2. The molecule has 38 heavy (non-hydrogen) atoms. The number of hydrogen-bond acceptors (Lipinski definition) is 6. The minimum absolute atomic E-state index is 0.00819. The number of nitrogens with one attached hydrogen (secondary N) is 1. The molecule has 198 valence electrons. The van der Waals surface area contributed by atoms with Gasteiger partial charge in [-0.1, -0.05) is 56.3 Å². The van der Waals surface area contributed by atoms with Gasteiger partial charge in [0.05, 0.1) is 7.11 Å². The quantitative estimate of drug-likeness (QED) is 0.248. The molecule has 0 aliphatic carbocycles. The summed E-state index contributed by atoms with van der Waals surface area (Å²) in [4.78, 5) is 26.1. The molecule has 0 saturated carbocycles. The van der Waals surface area contributed by atoms with Crippen molar-refractivity contribution in [1.29, 1.82) is 0 Å². The van der Waals surface area contributed by atoms with Crippen molar-refractivity contribution in [2.24, 2.45) is 5.92 Å². The van der Waals surface area contributed by atoms with Gasteiger partial charge in [0.2, 0.25) is 5.91 Å². The first kappa shape index (κ1) is 26.8. The number of rotatable bonds is 10. The van der Waals surface area contributed by atoms with Crippen molar-refractivity contribution in [3.05, 3.63) is 88.1 Å². The van der Waals surface area contributed by atoms with E-state index in [1.165, 1.54) is 6.07 Å². The van der Waals surface area contributed by atoms with E-state index >= 15 is 0 Å². The Bertz CT molecular complexity index is 1460. The Morgan fingerprint density at radius 1 is 1.00 bits per heavy atom. The molecule has 0 aliphatic heterocycles. The van der Waals surface area contributed by atoms with Gasteiger partial charge in [0.25, 0.3) is 0 Å². The molecular formula is C31H33NO6. The molecule has 4 aromatic rings. The fourth-order valence-corrected chi connectivity index (χ4v) is 4.77. The highest BCUT2D eigenvalue weighted by molar-refractivity contribution is 5.90. The molecule has 3 aromatic carbocycles. The largest absolute Gasteiger partial charge is 0.507 e. The van der Waals surface area contributed by atoms with E-state index in [0.717, 1.165) is 17.4 Å². The van der Waals surface area contributed by atoms with Gasteiger partial charge in [0, 0.05) is 42.1 Å². The standard InChI is InChI=1S/C31H33NO6/c1-19(2)15-22(16-28(36)32-14-13-20-9-11-23(37-3)12-10-20)29-24(33)17-25(34)30-26(35)18-27(38-31(29)30)21-7-5-4-6-8-21/h4-12,17-19,22,33-34H,13-16H2,1-3H3,(H,32,36). The first-order valence-electron chi connectivity index (χ1n) is 12.7. The Hall–Kier alpha value is -4.26. The molecule has 3 N–H and O–H groups in total. The summed E-state index contributed by atoms with van der Waals surface area (Å²) in [6.07, 6.45) is 1.32. The average Bonchev–Trinajstić information content (AvgIpc) is 2.88. The lowest BCUT2D eigenvalue weighted by Gasteiger charge is -2.22. The van der Waals surface area contributed by atoms with Crippen LogP contribution in [0.4, 0.5) is 0 Å². The van der Waals surface area contributed by atoms with E-state index in [-0.39, 0.29) is 40.7 Å². The minimum Gasteiger partial charge on any atom is -0.507 e. The van der Waals surface area contributed by atoms with Crippen LogP contribution in [0.2, 0.25) is 0 Å². The molecule has 4 rings (SSSR count). The van der Waals surface area contributed by atoms with E-state index in [2.05, 4.69) is 5.32 Å². The Balaban J connectivity index is 1.64. The van der Waals surface area contributed by atoms with Gasteiger partial charge in [-0.15, -0.1) is 0 Å². The van der Waals surface area contributed by atoms with E-state index in [1.807, 2.05) is 68.4 Å². The predicted octanol–water partition coefficient (Wildman–Crippen LogP) is 5.76. The molecular weight excluding hydrogens is 482 g/mol. The molecule has 1 amide bonds. The molecule has 1 heterocycles. The maximum absolute atomic E-state index is 13.1. The monoisotopic (exact) mass is 515 g/mol. The summed E-state index contributed by atoms with van der Waals surface area (Å²) in [7, 11) is 1.62. The van der Waals surface area contributed by atoms with Crippen LogP contribution in [0.1, 0.15) is 43.7 Å². The van der Waals surface area contributed by atoms with Crippen LogP contribution in [0.25, 0.3) is 22.3 Å². The predicted molar refractivity (Wildman–Crippen MR) is 148 cm³/mol. The van der Waals surface area contributed by atoms with Gasteiger partial charge in [0.15, 0.2) is 5.43 Å². The Morgan fingerprint density at radius 3 is 2.37 bits per heavy atom. The number of carbonyl (C=O) groups excluding carboxylic acids is 1. The normalized spacial score (nSPS) is 12.0. The summed E-state index contributed by atoms with van der Waals surface area (Å²) in [5.41, 5.74) is 1.80. The van der Waals surface area contributed by atoms with Crippen LogP contribution in [-0.4, -0.2) is 29.8 Å². The Morgan fingerprint density at radius 2 is 1.71 bits per heavy atom. The molecule has 7 heteroatoms. The second-order valence-electron chi connectivity index (χ2n) is 9.85. The number of ether oxygens (including phenoxy) is 1. The second kappa shape index (κ2) is 11.9. The average molecular weight is 516 g/mol. The molecule has 1 unspecified atom stereocenters. The summed E-state index contributed by atoms with van der Waals surface area (Å²) in [5, 5.41) is 24.4. The number of aromatic hydroxyl groups is 2. The zero-order valence-electron chi connectivity index (χ0n) is 21.9. The Labute approximate surface area is 221 Å². The lowest BCUT2D eigenvalue weighted by Crippen LogP contribution is -2.27. The summed E-state index contributed by atoms with van der Waals surface area (Å²) < 4.78 is 11.3. The van der Waals surface area contributed by atoms with Crippen molar-refractivity contribution in [2.45, 2.75) is 39.0 Å². The van der Waals surface area contributed by atoms with Crippen LogP contribution in [0.3, 0.4) is 0 Å². The van der Waals surface area contributed by atoms with Crippen LogP contribution < -0.4 is 15.5 Å². The van der Waals surface area contributed by atoms with Gasteiger partial charge in [-0.3, -0.25) is 9.59 Å². The fourth-order valence-electron chi connectivity index (χ4n) is 4.77. The van der Waals surface area contributed by atoms with Crippen molar-refractivity contribution in [1.82, 2.24) is 5.32 Å².